The van der Waals surface area contributed by atoms with Crippen molar-refractivity contribution in [3.8, 4) is 0 Å². The molecule has 1 aromatic rings. The highest BCUT2D eigenvalue weighted by Crippen LogP contribution is 2.20. The Morgan fingerprint density at radius 3 is 2.33 bits per heavy atom. The number of aromatic nitrogens is 2. The van der Waals surface area contributed by atoms with Crippen molar-refractivity contribution >= 4 is 5.91 Å². The van der Waals surface area contributed by atoms with Crippen LogP contribution in [0.15, 0.2) is 0 Å². The van der Waals surface area contributed by atoms with Crippen LogP contribution in [-0.2, 0) is 4.79 Å². The summed E-state index contributed by atoms with van der Waals surface area (Å²) in [6, 6.07) is 0.728. The summed E-state index contributed by atoms with van der Waals surface area (Å²) >= 11 is 0. The first-order valence-electron chi connectivity index (χ1n) is 9.32. The van der Waals surface area contributed by atoms with Gasteiger partial charge in [-0.05, 0) is 79.0 Å². The van der Waals surface area contributed by atoms with Gasteiger partial charge < -0.3 is 10.2 Å². The Labute approximate surface area is 146 Å². The van der Waals surface area contributed by atoms with Crippen LogP contribution in [0.2, 0.25) is 0 Å². The van der Waals surface area contributed by atoms with Gasteiger partial charge in [0.2, 0.25) is 5.91 Å². The summed E-state index contributed by atoms with van der Waals surface area (Å²) in [5.41, 5.74) is 3.43. The minimum atomic E-state index is 0.0974. The van der Waals surface area contributed by atoms with E-state index in [2.05, 4.69) is 49.9 Å². The first kappa shape index (κ1) is 19.0. The highest BCUT2D eigenvalue weighted by atomic mass is 16.1. The van der Waals surface area contributed by atoms with Crippen molar-refractivity contribution in [1.29, 1.82) is 0 Å². The van der Waals surface area contributed by atoms with E-state index < -0.39 is 0 Å². The molecule has 1 N–H and O–H groups in total. The molecular formula is C19H34N4O. The number of nitrogens with zero attached hydrogens (tertiary/aromatic N) is 3. The molecule has 0 spiro atoms. The zero-order chi connectivity index (χ0) is 17.9. The second kappa shape index (κ2) is 8.15. The van der Waals surface area contributed by atoms with E-state index in [0.29, 0.717) is 18.4 Å². The summed E-state index contributed by atoms with van der Waals surface area (Å²) in [4.78, 5) is 14.8. The lowest BCUT2D eigenvalue weighted by Crippen LogP contribution is -2.41. The quantitative estimate of drug-likeness (QED) is 0.870. The van der Waals surface area contributed by atoms with Gasteiger partial charge in [0.25, 0.3) is 0 Å². The zero-order valence-corrected chi connectivity index (χ0v) is 16.2. The first-order valence-corrected chi connectivity index (χ1v) is 9.32. The Bertz CT molecular complexity index is 556. The number of carbonyl (C=O) groups excluding carboxylic acids is 1. The normalized spacial score (nSPS) is 18.1. The fourth-order valence-electron chi connectivity index (χ4n) is 3.53. The summed E-state index contributed by atoms with van der Waals surface area (Å²) in [6.45, 7) is 15.9. The molecule has 1 aliphatic rings. The first-order chi connectivity index (χ1) is 11.3. The number of carbonyl (C=O) groups is 1. The lowest BCUT2D eigenvalue weighted by molar-refractivity contribution is -0.122. The predicted octanol–water partition coefficient (Wildman–Crippen LogP) is 3.00. The lowest BCUT2D eigenvalue weighted by atomic mass is 9.96. The average molecular weight is 335 g/mol. The molecule has 5 nitrogen and oxygen atoms in total. The number of hydrogen-bond acceptors (Lipinski definition) is 3. The molecule has 5 heteroatoms. The summed E-state index contributed by atoms with van der Waals surface area (Å²) in [7, 11) is 0. The van der Waals surface area contributed by atoms with Crippen LogP contribution < -0.4 is 5.32 Å². The van der Waals surface area contributed by atoms with E-state index in [1.807, 2.05) is 11.6 Å². The lowest BCUT2D eigenvalue weighted by Gasteiger charge is -2.34. The molecule has 1 aliphatic heterocycles. The van der Waals surface area contributed by atoms with Gasteiger partial charge in [0.1, 0.15) is 0 Å². The summed E-state index contributed by atoms with van der Waals surface area (Å²) < 4.78 is 1.99. The Hall–Kier alpha value is -1.36. The van der Waals surface area contributed by atoms with Crippen molar-refractivity contribution in [2.24, 2.45) is 5.92 Å². The van der Waals surface area contributed by atoms with Gasteiger partial charge >= 0.3 is 0 Å². The fourth-order valence-corrected chi connectivity index (χ4v) is 3.53. The van der Waals surface area contributed by atoms with Crippen LogP contribution in [0.4, 0.5) is 0 Å². The molecule has 0 bridgehead atoms. The van der Waals surface area contributed by atoms with E-state index in [1.165, 1.54) is 18.4 Å². The molecule has 1 saturated heterocycles. The average Bonchev–Trinajstić information content (AvgIpc) is 2.81. The van der Waals surface area contributed by atoms with E-state index in [0.717, 1.165) is 31.0 Å². The van der Waals surface area contributed by atoms with Gasteiger partial charge in [-0.1, -0.05) is 0 Å². The summed E-state index contributed by atoms with van der Waals surface area (Å²) in [5.74, 6) is 0.758. The number of nitrogens with one attached hydrogen (secondary N) is 1. The third-order valence-electron chi connectivity index (χ3n) is 5.55. The monoisotopic (exact) mass is 334 g/mol. The van der Waals surface area contributed by atoms with Crippen LogP contribution in [0.3, 0.4) is 0 Å². The van der Waals surface area contributed by atoms with Gasteiger partial charge in [-0.25, -0.2) is 0 Å². The predicted molar refractivity (Wildman–Crippen MR) is 98.2 cm³/mol. The molecule has 0 radical (unpaired) electrons. The topological polar surface area (TPSA) is 50.2 Å². The number of hydrogen-bond donors (Lipinski definition) is 1. The summed E-state index contributed by atoms with van der Waals surface area (Å²) in [5, 5.41) is 7.71. The van der Waals surface area contributed by atoms with Crippen LogP contribution >= 0.6 is 0 Å². The van der Waals surface area contributed by atoms with Crippen LogP contribution in [-0.4, -0.2) is 46.3 Å². The second-order valence-electron chi connectivity index (χ2n) is 7.67. The van der Waals surface area contributed by atoms with Crippen molar-refractivity contribution in [1.82, 2.24) is 20.0 Å². The Morgan fingerprint density at radius 2 is 1.83 bits per heavy atom. The molecule has 136 valence electrons. The molecular weight excluding hydrogens is 300 g/mol. The molecule has 0 saturated carbocycles. The van der Waals surface area contributed by atoms with E-state index in [4.69, 9.17) is 0 Å². The molecule has 2 heterocycles. The standard InChI is InChI=1S/C19H34N4O/c1-13(2)22-9-7-18(8-10-22)12-20-19(24)11-14(3)23-17(6)15(4)16(5)21-23/h13-14,18H,7-12H2,1-6H3,(H,20,24)/t14-/m1/s1. The molecule has 0 aromatic carbocycles. The number of rotatable bonds is 6. The summed E-state index contributed by atoms with van der Waals surface area (Å²) in [6.07, 6.45) is 2.86. The third kappa shape index (κ3) is 4.59. The molecule has 1 fully saturated rings. The number of aryl methyl sites for hydroxylation is 1. The van der Waals surface area contributed by atoms with Gasteiger partial charge in [-0.3, -0.25) is 9.48 Å². The SMILES string of the molecule is Cc1nn([C@H](C)CC(=O)NCC2CCN(C(C)C)CC2)c(C)c1C. The van der Waals surface area contributed by atoms with Crippen molar-refractivity contribution in [2.45, 2.75) is 72.9 Å². The van der Waals surface area contributed by atoms with E-state index in [-0.39, 0.29) is 11.9 Å². The van der Waals surface area contributed by atoms with Crippen molar-refractivity contribution in [3.05, 3.63) is 17.0 Å². The highest BCUT2D eigenvalue weighted by Gasteiger charge is 2.22. The number of amides is 1. The van der Waals surface area contributed by atoms with Gasteiger partial charge in [-0.15, -0.1) is 0 Å². The van der Waals surface area contributed by atoms with Gasteiger partial charge in [-0.2, -0.15) is 5.10 Å². The van der Waals surface area contributed by atoms with Crippen LogP contribution in [0.1, 0.15) is 63.0 Å². The molecule has 1 aromatic heterocycles. The molecule has 0 aliphatic carbocycles. The third-order valence-corrected chi connectivity index (χ3v) is 5.55. The van der Waals surface area contributed by atoms with Gasteiger partial charge in [0, 0.05) is 24.7 Å². The van der Waals surface area contributed by atoms with E-state index in [9.17, 15) is 4.79 Å². The zero-order valence-electron chi connectivity index (χ0n) is 16.2. The second-order valence-corrected chi connectivity index (χ2v) is 7.67. The highest BCUT2D eigenvalue weighted by molar-refractivity contribution is 5.76. The molecule has 2 rings (SSSR count). The largest absolute Gasteiger partial charge is 0.356 e. The van der Waals surface area contributed by atoms with Crippen molar-refractivity contribution < 1.29 is 4.79 Å². The van der Waals surface area contributed by atoms with E-state index in [1.54, 1.807) is 0 Å². The fraction of sp³-hybridized carbons (Fsp3) is 0.789. The molecule has 1 amide bonds. The van der Waals surface area contributed by atoms with Gasteiger partial charge in [0.15, 0.2) is 0 Å². The maximum absolute atomic E-state index is 12.3. The Morgan fingerprint density at radius 1 is 1.21 bits per heavy atom. The number of piperidine rings is 1. The molecule has 1 atom stereocenters. The maximum Gasteiger partial charge on any atom is 0.222 e. The van der Waals surface area contributed by atoms with E-state index >= 15 is 0 Å². The molecule has 0 unspecified atom stereocenters. The minimum Gasteiger partial charge on any atom is -0.356 e. The van der Waals surface area contributed by atoms with Crippen LogP contribution in [0.25, 0.3) is 0 Å². The van der Waals surface area contributed by atoms with Crippen molar-refractivity contribution in [2.75, 3.05) is 19.6 Å². The number of likely N-dealkylation sites (tertiary alicyclic amines) is 1. The van der Waals surface area contributed by atoms with Gasteiger partial charge in [0.05, 0.1) is 11.7 Å². The Kier molecular flexibility index (Phi) is 6.44. The molecule has 24 heavy (non-hydrogen) atoms. The Balaban J connectivity index is 1.76. The maximum atomic E-state index is 12.3. The van der Waals surface area contributed by atoms with Crippen LogP contribution in [0.5, 0.6) is 0 Å². The van der Waals surface area contributed by atoms with Crippen molar-refractivity contribution in [3.63, 3.8) is 0 Å². The minimum absolute atomic E-state index is 0.0974. The smallest absolute Gasteiger partial charge is 0.222 e. The van der Waals surface area contributed by atoms with Crippen LogP contribution in [0, 0.1) is 26.7 Å².